The summed E-state index contributed by atoms with van der Waals surface area (Å²) in [5.41, 5.74) is 0. The molecule has 0 saturated carbocycles. The van der Waals surface area contributed by atoms with E-state index < -0.39 is 0 Å². The molecule has 0 fully saturated rings. The number of aliphatic hydroxyl groups excluding tert-OH is 1. The van der Waals surface area contributed by atoms with Crippen molar-refractivity contribution in [3.63, 3.8) is 0 Å². The second-order valence-electron chi connectivity index (χ2n) is 5.97. The summed E-state index contributed by atoms with van der Waals surface area (Å²) in [6, 6.07) is 0. The number of rotatable bonds is 15. The lowest BCUT2D eigenvalue weighted by Crippen LogP contribution is -2.05. The standard InChI is InChI=1S/C18H37O/c1-3-5-7-9-10-11-12-13-15-17-18(19)16-14-8-6-4-2/h18-19H,1,3-17H2,2H3. The Labute approximate surface area is 122 Å². The highest BCUT2D eigenvalue weighted by Gasteiger charge is 2.03. The van der Waals surface area contributed by atoms with Crippen LogP contribution in [-0.2, 0) is 0 Å². The average Bonchev–Trinajstić information content (AvgIpc) is 2.42. The predicted octanol–water partition coefficient (Wildman–Crippen LogP) is 6.05. The van der Waals surface area contributed by atoms with Crippen LogP contribution in [-0.4, -0.2) is 11.2 Å². The molecule has 1 N–H and O–H groups in total. The van der Waals surface area contributed by atoms with Gasteiger partial charge in [-0.15, -0.1) is 0 Å². The van der Waals surface area contributed by atoms with Gasteiger partial charge in [-0.05, 0) is 12.8 Å². The Kier molecular flexibility index (Phi) is 16.0. The van der Waals surface area contributed by atoms with Crippen molar-refractivity contribution in [2.75, 3.05) is 0 Å². The molecule has 0 amide bonds. The molecular formula is C18H37O. The number of hydrogen-bond donors (Lipinski definition) is 1. The molecule has 0 aromatic rings. The molecule has 0 aliphatic rings. The molecule has 1 radical (unpaired) electrons. The molecule has 0 aromatic carbocycles. The highest BCUT2D eigenvalue weighted by molar-refractivity contribution is 4.57. The molecule has 0 saturated heterocycles. The van der Waals surface area contributed by atoms with Gasteiger partial charge in [0.05, 0.1) is 6.10 Å². The summed E-state index contributed by atoms with van der Waals surface area (Å²) < 4.78 is 0. The van der Waals surface area contributed by atoms with Gasteiger partial charge in [-0.2, -0.15) is 0 Å². The minimum absolute atomic E-state index is 0.0334. The molecule has 1 unspecified atom stereocenters. The minimum atomic E-state index is -0.0334. The van der Waals surface area contributed by atoms with E-state index in [1.807, 2.05) is 0 Å². The summed E-state index contributed by atoms with van der Waals surface area (Å²) in [4.78, 5) is 0. The number of unbranched alkanes of at least 4 members (excludes halogenated alkanes) is 11. The van der Waals surface area contributed by atoms with Gasteiger partial charge < -0.3 is 5.11 Å². The Morgan fingerprint density at radius 1 is 0.684 bits per heavy atom. The van der Waals surface area contributed by atoms with Crippen molar-refractivity contribution < 1.29 is 5.11 Å². The largest absolute Gasteiger partial charge is 0.393 e. The second-order valence-corrected chi connectivity index (χ2v) is 5.97. The lowest BCUT2D eigenvalue weighted by molar-refractivity contribution is 0.147. The molecule has 0 rings (SSSR count). The summed E-state index contributed by atoms with van der Waals surface area (Å²) in [5.74, 6) is 0. The molecule has 0 bridgehead atoms. The quantitative estimate of drug-likeness (QED) is 0.359. The molecule has 0 aliphatic carbocycles. The lowest BCUT2D eigenvalue weighted by atomic mass is 10.0. The van der Waals surface area contributed by atoms with Crippen LogP contribution < -0.4 is 0 Å². The molecule has 115 valence electrons. The summed E-state index contributed by atoms with van der Waals surface area (Å²) in [6.45, 7) is 6.10. The molecule has 1 heteroatoms. The maximum absolute atomic E-state index is 9.84. The van der Waals surface area contributed by atoms with Crippen LogP contribution in [0.2, 0.25) is 0 Å². The van der Waals surface area contributed by atoms with Gasteiger partial charge in [0.15, 0.2) is 0 Å². The van der Waals surface area contributed by atoms with Crippen LogP contribution in [0, 0.1) is 6.92 Å². The van der Waals surface area contributed by atoms with Crippen LogP contribution in [0.25, 0.3) is 0 Å². The lowest BCUT2D eigenvalue weighted by Gasteiger charge is -2.10. The van der Waals surface area contributed by atoms with E-state index in [1.165, 1.54) is 77.0 Å². The third-order valence-electron chi connectivity index (χ3n) is 3.93. The summed E-state index contributed by atoms with van der Waals surface area (Å²) in [6.07, 6.45) is 18.9. The van der Waals surface area contributed by atoms with Crippen LogP contribution >= 0.6 is 0 Å². The summed E-state index contributed by atoms with van der Waals surface area (Å²) in [7, 11) is 0. The minimum Gasteiger partial charge on any atom is -0.393 e. The van der Waals surface area contributed by atoms with Crippen LogP contribution in [0.15, 0.2) is 0 Å². The monoisotopic (exact) mass is 269 g/mol. The number of hydrogen-bond acceptors (Lipinski definition) is 1. The van der Waals surface area contributed by atoms with Gasteiger partial charge in [-0.1, -0.05) is 97.3 Å². The van der Waals surface area contributed by atoms with Crippen LogP contribution in [0.5, 0.6) is 0 Å². The Bertz CT molecular complexity index is 156. The van der Waals surface area contributed by atoms with Crippen molar-refractivity contribution in [1.82, 2.24) is 0 Å². The average molecular weight is 269 g/mol. The summed E-state index contributed by atoms with van der Waals surface area (Å²) >= 11 is 0. The Balaban J connectivity index is 3.07. The predicted molar refractivity (Wildman–Crippen MR) is 86.3 cm³/mol. The fourth-order valence-electron chi connectivity index (χ4n) is 2.57. The first kappa shape index (κ1) is 19.0. The third-order valence-corrected chi connectivity index (χ3v) is 3.93. The van der Waals surface area contributed by atoms with Crippen molar-refractivity contribution in [2.24, 2.45) is 0 Å². The molecular weight excluding hydrogens is 232 g/mol. The molecule has 0 spiro atoms. The van der Waals surface area contributed by atoms with E-state index in [1.54, 1.807) is 0 Å². The van der Waals surface area contributed by atoms with Gasteiger partial charge in [0.2, 0.25) is 0 Å². The smallest absolute Gasteiger partial charge is 0.0540 e. The molecule has 1 atom stereocenters. The molecule has 19 heavy (non-hydrogen) atoms. The van der Waals surface area contributed by atoms with Crippen molar-refractivity contribution in [1.29, 1.82) is 0 Å². The van der Waals surface area contributed by atoms with Crippen molar-refractivity contribution in [2.45, 2.75) is 109 Å². The maximum Gasteiger partial charge on any atom is 0.0540 e. The van der Waals surface area contributed by atoms with Gasteiger partial charge in [-0.3, -0.25) is 0 Å². The molecule has 0 heterocycles. The zero-order valence-corrected chi connectivity index (χ0v) is 13.3. The van der Waals surface area contributed by atoms with Gasteiger partial charge in [0.25, 0.3) is 0 Å². The Morgan fingerprint density at radius 2 is 1.11 bits per heavy atom. The fraction of sp³-hybridized carbons (Fsp3) is 0.944. The first-order valence-corrected chi connectivity index (χ1v) is 8.78. The van der Waals surface area contributed by atoms with E-state index in [0.717, 1.165) is 19.3 Å². The zero-order chi connectivity index (χ0) is 14.2. The Hall–Kier alpha value is -0.0400. The van der Waals surface area contributed by atoms with Crippen molar-refractivity contribution in [3.8, 4) is 0 Å². The van der Waals surface area contributed by atoms with Crippen molar-refractivity contribution in [3.05, 3.63) is 6.92 Å². The highest BCUT2D eigenvalue weighted by Crippen LogP contribution is 2.14. The van der Waals surface area contributed by atoms with Crippen molar-refractivity contribution >= 4 is 0 Å². The van der Waals surface area contributed by atoms with Crippen LogP contribution in [0.3, 0.4) is 0 Å². The maximum atomic E-state index is 9.84. The summed E-state index contributed by atoms with van der Waals surface area (Å²) in [5, 5.41) is 9.84. The van der Waals surface area contributed by atoms with Gasteiger partial charge >= 0.3 is 0 Å². The van der Waals surface area contributed by atoms with E-state index in [4.69, 9.17) is 0 Å². The SMILES string of the molecule is [CH2]CCCCCCCCCCC(O)CCCCCC. The second kappa shape index (κ2) is 16.0. The van der Waals surface area contributed by atoms with Gasteiger partial charge in [-0.25, -0.2) is 0 Å². The number of aliphatic hydroxyl groups is 1. The van der Waals surface area contributed by atoms with E-state index in [9.17, 15) is 5.11 Å². The molecule has 1 nitrogen and oxygen atoms in total. The van der Waals surface area contributed by atoms with Gasteiger partial charge in [0.1, 0.15) is 0 Å². The third kappa shape index (κ3) is 15.9. The van der Waals surface area contributed by atoms with E-state index in [-0.39, 0.29) is 6.10 Å². The topological polar surface area (TPSA) is 20.2 Å². The fourth-order valence-corrected chi connectivity index (χ4v) is 2.57. The first-order chi connectivity index (χ1) is 9.31. The van der Waals surface area contributed by atoms with E-state index >= 15 is 0 Å². The highest BCUT2D eigenvalue weighted by atomic mass is 16.3. The molecule has 0 aromatic heterocycles. The van der Waals surface area contributed by atoms with E-state index in [2.05, 4.69) is 13.8 Å². The first-order valence-electron chi connectivity index (χ1n) is 8.78. The van der Waals surface area contributed by atoms with Crippen LogP contribution in [0.4, 0.5) is 0 Å². The van der Waals surface area contributed by atoms with Crippen LogP contribution in [0.1, 0.15) is 103 Å². The molecule has 0 aliphatic heterocycles. The normalized spacial score (nSPS) is 12.8. The Morgan fingerprint density at radius 3 is 1.58 bits per heavy atom. The zero-order valence-electron chi connectivity index (χ0n) is 13.3. The van der Waals surface area contributed by atoms with Gasteiger partial charge in [0, 0.05) is 0 Å². The van der Waals surface area contributed by atoms with E-state index in [0.29, 0.717) is 0 Å².